The molecule has 3 nitrogen and oxygen atoms in total. The van der Waals surface area contributed by atoms with Crippen molar-refractivity contribution in [3.8, 4) is 11.5 Å². The minimum atomic E-state index is -0.383. The summed E-state index contributed by atoms with van der Waals surface area (Å²) >= 11 is 5.67. The monoisotopic (exact) mass is 502 g/mol. The number of hydrogen-bond donors (Lipinski definition) is 0. The minimum absolute atomic E-state index is 0.383. The first-order chi connectivity index (χ1) is 11.6. The van der Waals surface area contributed by atoms with Crippen molar-refractivity contribution < 1.29 is 14.3 Å². The Bertz CT molecular complexity index is 671. The van der Waals surface area contributed by atoms with E-state index in [1.165, 1.54) is 19.3 Å². The van der Waals surface area contributed by atoms with Crippen LogP contribution in [0.3, 0.4) is 0 Å². The largest absolute Gasteiger partial charge is 0.492 e. The minimum Gasteiger partial charge on any atom is -0.492 e. The molecule has 2 aromatic carbocycles. The van der Waals surface area contributed by atoms with Crippen molar-refractivity contribution in [3.63, 3.8) is 0 Å². The van der Waals surface area contributed by atoms with Crippen LogP contribution in [-0.2, 0) is 0 Å². The van der Waals surface area contributed by atoms with Gasteiger partial charge in [0.1, 0.15) is 11.5 Å². The predicted octanol–water partition coefficient (Wildman–Crippen LogP) is 6.23. The number of rotatable bonds is 8. The van der Waals surface area contributed by atoms with Gasteiger partial charge < -0.3 is 9.47 Å². The van der Waals surface area contributed by atoms with Crippen LogP contribution in [0.4, 0.5) is 0 Å². The van der Waals surface area contributed by atoms with Crippen molar-refractivity contribution in [2.75, 3.05) is 6.61 Å². The fourth-order valence-corrected chi connectivity index (χ4v) is 2.98. The lowest BCUT2D eigenvalue weighted by Gasteiger charge is -2.10. The highest BCUT2D eigenvalue weighted by atomic mass is 127. The molecular weight excluding hydrogens is 483 g/mol. The Morgan fingerprint density at radius 1 is 1.08 bits per heavy atom. The molecule has 5 heteroatoms. The summed E-state index contributed by atoms with van der Waals surface area (Å²) in [6, 6.07) is 12.6. The van der Waals surface area contributed by atoms with Gasteiger partial charge in [0, 0.05) is 3.57 Å². The smallest absolute Gasteiger partial charge is 0.343 e. The maximum Gasteiger partial charge on any atom is 0.343 e. The molecule has 2 rings (SSSR count). The fraction of sp³-hybridized carbons (Fsp3) is 0.316. The van der Waals surface area contributed by atoms with Crippen molar-refractivity contribution in [2.45, 2.75) is 32.6 Å². The molecule has 0 fully saturated rings. The zero-order valence-electron chi connectivity index (χ0n) is 13.6. The summed E-state index contributed by atoms with van der Waals surface area (Å²) in [6.07, 6.45) is 4.65. The second-order valence-electron chi connectivity index (χ2n) is 5.40. The number of halogens is 2. The number of carbonyl (C=O) groups is 1. The van der Waals surface area contributed by atoms with Crippen LogP contribution in [0.15, 0.2) is 46.9 Å². The Kier molecular flexibility index (Phi) is 8.05. The number of benzene rings is 2. The van der Waals surface area contributed by atoms with E-state index in [4.69, 9.17) is 9.47 Å². The molecule has 128 valence electrons. The number of unbranched alkanes of at least 4 members (excludes halogenated alkanes) is 3. The van der Waals surface area contributed by atoms with E-state index in [0.29, 0.717) is 17.9 Å². The summed E-state index contributed by atoms with van der Waals surface area (Å²) in [6.45, 7) is 2.87. The molecular formula is C19H20BrIO3. The fourth-order valence-electron chi connectivity index (χ4n) is 2.12. The third-order valence-corrected chi connectivity index (χ3v) is 4.79. The number of ether oxygens (including phenoxy) is 2. The van der Waals surface area contributed by atoms with Crippen LogP contribution in [0.5, 0.6) is 11.5 Å². The first kappa shape index (κ1) is 19.2. The molecule has 0 N–H and O–H groups in total. The van der Waals surface area contributed by atoms with Gasteiger partial charge >= 0.3 is 5.97 Å². The summed E-state index contributed by atoms with van der Waals surface area (Å²) in [5, 5.41) is 0. The van der Waals surface area contributed by atoms with Crippen molar-refractivity contribution >= 4 is 44.5 Å². The standard InChI is InChI=1S/C19H20BrIO3/c1-2-3-4-5-12-23-18-11-6-14(13-17(18)20)19(22)24-16-9-7-15(21)8-10-16/h6-11,13H,2-5,12H2,1H3. The lowest BCUT2D eigenvalue weighted by molar-refractivity contribution is 0.0734. The Labute approximate surface area is 165 Å². The molecule has 0 atom stereocenters. The summed E-state index contributed by atoms with van der Waals surface area (Å²) in [4.78, 5) is 12.2. The highest BCUT2D eigenvalue weighted by Gasteiger charge is 2.11. The van der Waals surface area contributed by atoms with Gasteiger partial charge in [-0.2, -0.15) is 0 Å². The van der Waals surface area contributed by atoms with Crippen LogP contribution >= 0.6 is 38.5 Å². The number of esters is 1. The van der Waals surface area contributed by atoms with Crippen LogP contribution in [0.2, 0.25) is 0 Å². The average molecular weight is 503 g/mol. The quantitative estimate of drug-likeness (QED) is 0.186. The van der Waals surface area contributed by atoms with E-state index in [1.807, 2.05) is 12.1 Å². The third-order valence-electron chi connectivity index (χ3n) is 3.45. The summed E-state index contributed by atoms with van der Waals surface area (Å²) < 4.78 is 13.0. The van der Waals surface area contributed by atoms with Crippen LogP contribution in [0.25, 0.3) is 0 Å². The van der Waals surface area contributed by atoms with Crippen LogP contribution < -0.4 is 9.47 Å². The van der Waals surface area contributed by atoms with Crippen LogP contribution in [0.1, 0.15) is 43.0 Å². The molecule has 0 spiro atoms. The third kappa shape index (κ3) is 6.09. The Hall–Kier alpha value is -1.08. The van der Waals surface area contributed by atoms with Gasteiger partial charge in [-0.3, -0.25) is 0 Å². The van der Waals surface area contributed by atoms with E-state index in [-0.39, 0.29) is 5.97 Å². The Morgan fingerprint density at radius 2 is 1.83 bits per heavy atom. The van der Waals surface area contributed by atoms with Crippen molar-refractivity contribution in [1.82, 2.24) is 0 Å². The average Bonchev–Trinajstić information content (AvgIpc) is 2.58. The normalized spacial score (nSPS) is 10.5. The predicted molar refractivity (Wildman–Crippen MR) is 108 cm³/mol. The van der Waals surface area contributed by atoms with E-state index in [9.17, 15) is 4.79 Å². The highest BCUT2D eigenvalue weighted by Crippen LogP contribution is 2.27. The molecule has 0 saturated heterocycles. The van der Waals surface area contributed by atoms with Gasteiger partial charge in [0.25, 0.3) is 0 Å². The first-order valence-electron chi connectivity index (χ1n) is 8.00. The van der Waals surface area contributed by atoms with Crippen molar-refractivity contribution in [3.05, 3.63) is 56.1 Å². The lowest BCUT2D eigenvalue weighted by Crippen LogP contribution is -2.08. The van der Waals surface area contributed by atoms with E-state index < -0.39 is 0 Å². The molecule has 0 unspecified atom stereocenters. The molecule has 0 bridgehead atoms. The molecule has 0 aliphatic rings. The molecule has 0 radical (unpaired) electrons. The molecule has 0 aliphatic carbocycles. The van der Waals surface area contributed by atoms with Gasteiger partial charge in [-0.1, -0.05) is 26.2 Å². The lowest BCUT2D eigenvalue weighted by atomic mass is 10.2. The van der Waals surface area contributed by atoms with Gasteiger partial charge in [0.15, 0.2) is 0 Å². The molecule has 0 saturated carbocycles. The highest BCUT2D eigenvalue weighted by molar-refractivity contribution is 14.1. The maximum atomic E-state index is 12.2. The molecule has 0 aromatic heterocycles. The molecule has 24 heavy (non-hydrogen) atoms. The topological polar surface area (TPSA) is 35.5 Å². The van der Waals surface area contributed by atoms with Gasteiger partial charge in [-0.25, -0.2) is 4.79 Å². The summed E-state index contributed by atoms with van der Waals surface area (Å²) in [5.41, 5.74) is 0.485. The molecule has 0 amide bonds. The van der Waals surface area contributed by atoms with E-state index in [0.717, 1.165) is 20.2 Å². The van der Waals surface area contributed by atoms with Gasteiger partial charge in [-0.05, 0) is 87.4 Å². The van der Waals surface area contributed by atoms with E-state index >= 15 is 0 Å². The van der Waals surface area contributed by atoms with Crippen LogP contribution in [0, 0.1) is 3.57 Å². The summed E-state index contributed by atoms with van der Waals surface area (Å²) in [7, 11) is 0. The van der Waals surface area contributed by atoms with Crippen molar-refractivity contribution in [1.29, 1.82) is 0 Å². The second kappa shape index (κ2) is 10.0. The maximum absolute atomic E-state index is 12.2. The molecule has 0 aliphatic heterocycles. The molecule has 0 heterocycles. The van der Waals surface area contributed by atoms with Crippen molar-refractivity contribution in [2.24, 2.45) is 0 Å². The van der Waals surface area contributed by atoms with Crippen LogP contribution in [-0.4, -0.2) is 12.6 Å². The second-order valence-corrected chi connectivity index (χ2v) is 7.50. The number of carbonyl (C=O) groups excluding carboxylic acids is 1. The van der Waals surface area contributed by atoms with Gasteiger partial charge in [0.05, 0.1) is 16.6 Å². The Balaban J connectivity index is 1.92. The zero-order valence-corrected chi connectivity index (χ0v) is 17.3. The zero-order chi connectivity index (χ0) is 17.4. The van der Waals surface area contributed by atoms with E-state index in [2.05, 4.69) is 45.4 Å². The molecule has 2 aromatic rings. The van der Waals surface area contributed by atoms with Gasteiger partial charge in [0.2, 0.25) is 0 Å². The SMILES string of the molecule is CCCCCCOc1ccc(C(=O)Oc2ccc(I)cc2)cc1Br. The van der Waals surface area contributed by atoms with E-state index in [1.54, 1.807) is 30.3 Å². The summed E-state index contributed by atoms with van der Waals surface area (Å²) in [5.74, 6) is 0.900. The number of hydrogen-bond acceptors (Lipinski definition) is 3. The van der Waals surface area contributed by atoms with Gasteiger partial charge in [-0.15, -0.1) is 0 Å². The first-order valence-corrected chi connectivity index (χ1v) is 9.87. The Morgan fingerprint density at radius 3 is 2.50 bits per heavy atom.